The van der Waals surface area contributed by atoms with Crippen LogP contribution >= 0.6 is 0 Å². The quantitative estimate of drug-likeness (QED) is 0.808. The van der Waals surface area contributed by atoms with E-state index in [-0.39, 0.29) is 17.9 Å². The number of nitrogens with zero attached hydrogens (tertiary/aromatic N) is 2. The molecular formula is C21H31N3O3. The highest BCUT2D eigenvalue weighted by Gasteiger charge is 2.30. The van der Waals surface area contributed by atoms with Crippen LogP contribution in [0.3, 0.4) is 0 Å². The third-order valence-electron chi connectivity index (χ3n) is 5.67. The molecule has 1 heterocycles. The number of benzene rings is 1. The summed E-state index contributed by atoms with van der Waals surface area (Å²) in [5, 5.41) is 2.92. The lowest BCUT2D eigenvalue weighted by Crippen LogP contribution is -2.44. The number of rotatable bonds is 5. The average Bonchev–Trinajstić information content (AvgIpc) is 2.86. The van der Waals surface area contributed by atoms with Crippen molar-refractivity contribution in [1.82, 2.24) is 15.1 Å². The number of amides is 3. The maximum atomic E-state index is 12.4. The Morgan fingerprint density at radius 2 is 1.78 bits per heavy atom. The molecule has 3 amide bonds. The van der Waals surface area contributed by atoms with Crippen LogP contribution in [0.15, 0.2) is 18.2 Å². The van der Waals surface area contributed by atoms with Crippen LogP contribution in [-0.4, -0.2) is 61.1 Å². The van der Waals surface area contributed by atoms with Gasteiger partial charge >= 0.3 is 6.03 Å². The molecule has 1 saturated carbocycles. The fraction of sp³-hybridized carbons (Fsp3) is 0.619. The first-order valence-corrected chi connectivity index (χ1v) is 10.1. The van der Waals surface area contributed by atoms with Crippen molar-refractivity contribution < 1.29 is 14.3 Å². The standard InChI is InChI=1S/C21H31N3O3/c1-16-7-8-19(15-17(16)2)27-14-9-22-21(26)24-11-4-10-23(12-13-24)20(25)18-5-3-6-18/h7-8,15,18H,3-6,9-14H2,1-2H3,(H,22,26). The van der Waals surface area contributed by atoms with Crippen LogP contribution in [0, 0.1) is 19.8 Å². The highest BCUT2D eigenvalue weighted by atomic mass is 16.5. The van der Waals surface area contributed by atoms with E-state index in [1.165, 1.54) is 17.5 Å². The second-order valence-corrected chi connectivity index (χ2v) is 7.62. The smallest absolute Gasteiger partial charge is 0.317 e. The summed E-state index contributed by atoms with van der Waals surface area (Å²) in [6.07, 6.45) is 4.06. The topological polar surface area (TPSA) is 61.9 Å². The highest BCUT2D eigenvalue weighted by Crippen LogP contribution is 2.28. The van der Waals surface area contributed by atoms with Crippen molar-refractivity contribution >= 4 is 11.9 Å². The van der Waals surface area contributed by atoms with Gasteiger partial charge in [0, 0.05) is 32.1 Å². The Morgan fingerprint density at radius 3 is 2.48 bits per heavy atom. The molecule has 0 unspecified atom stereocenters. The van der Waals surface area contributed by atoms with Crippen molar-refractivity contribution in [2.24, 2.45) is 5.92 Å². The first kappa shape index (κ1) is 19.5. The second-order valence-electron chi connectivity index (χ2n) is 7.62. The van der Waals surface area contributed by atoms with Crippen LogP contribution in [0.1, 0.15) is 36.8 Å². The summed E-state index contributed by atoms with van der Waals surface area (Å²) in [5.74, 6) is 1.34. The van der Waals surface area contributed by atoms with E-state index >= 15 is 0 Å². The van der Waals surface area contributed by atoms with Gasteiger partial charge in [-0.3, -0.25) is 4.79 Å². The lowest BCUT2D eigenvalue weighted by atomic mass is 9.84. The molecule has 1 saturated heterocycles. The van der Waals surface area contributed by atoms with E-state index in [2.05, 4.69) is 19.2 Å². The Bertz CT molecular complexity index is 673. The van der Waals surface area contributed by atoms with Gasteiger partial charge in [0.15, 0.2) is 0 Å². The molecule has 0 atom stereocenters. The molecule has 1 aromatic rings. The minimum atomic E-state index is -0.0726. The zero-order valence-corrected chi connectivity index (χ0v) is 16.5. The van der Waals surface area contributed by atoms with Crippen LogP contribution in [-0.2, 0) is 4.79 Å². The van der Waals surface area contributed by atoms with Gasteiger partial charge in [0.05, 0.1) is 6.54 Å². The molecule has 0 radical (unpaired) electrons. The molecule has 1 aliphatic heterocycles. The molecule has 0 bridgehead atoms. The van der Waals surface area contributed by atoms with Crippen LogP contribution in [0.2, 0.25) is 0 Å². The predicted molar refractivity (Wildman–Crippen MR) is 105 cm³/mol. The number of ether oxygens (including phenoxy) is 1. The number of carbonyl (C=O) groups is 2. The fourth-order valence-electron chi connectivity index (χ4n) is 3.50. The first-order valence-electron chi connectivity index (χ1n) is 10.1. The summed E-state index contributed by atoms with van der Waals surface area (Å²) in [4.78, 5) is 28.5. The molecule has 6 nitrogen and oxygen atoms in total. The Morgan fingerprint density at radius 1 is 1.04 bits per heavy atom. The van der Waals surface area contributed by atoms with Gasteiger partial charge in [-0.1, -0.05) is 12.5 Å². The van der Waals surface area contributed by atoms with Crippen molar-refractivity contribution in [3.05, 3.63) is 29.3 Å². The van der Waals surface area contributed by atoms with Gasteiger partial charge in [0.25, 0.3) is 0 Å². The molecule has 148 valence electrons. The van der Waals surface area contributed by atoms with Crippen molar-refractivity contribution in [3.63, 3.8) is 0 Å². The van der Waals surface area contributed by atoms with E-state index in [0.29, 0.717) is 32.8 Å². The maximum Gasteiger partial charge on any atom is 0.317 e. The summed E-state index contributed by atoms with van der Waals surface area (Å²) in [5.41, 5.74) is 2.43. The van der Waals surface area contributed by atoms with Gasteiger partial charge in [0.1, 0.15) is 12.4 Å². The van der Waals surface area contributed by atoms with Gasteiger partial charge in [-0.05, 0) is 56.4 Å². The molecule has 2 aliphatic rings. The van der Waals surface area contributed by atoms with Crippen LogP contribution in [0.4, 0.5) is 4.79 Å². The van der Waals surface area contributed by atoms with Crippen LogP contribution in [0.25, 0.3) is 0 Å². The number of carbonyl (C=O) groups excluding carboxylic acids is 2. The fourth-order valence-corrected chi connectivity index (χ4v) is 3.50. The zero-order chi connectivity index (χ0) is 19.2. The van der Waals surface area contributed by atoms with E-state index < -0.39 is 0 Å². The number of aryl methyl sites for hydroxylation is 2. The van der Waals surface area contributed by atoms with Crippen LogP contribution < -0.4 is 10.1 Å². The van der Waals surface area contributed by atoms with E-state index in [0.717, 1.165) is 31.6 Å². The molecule has 1 N–H and O–H groups in total. The normalized spacial score (nSPS) is 17.9. The molecule has 3 rings (SSSR count). The molecule has 1 aliphatic carbocycles. The van der Waals surface area contributed by atoms with Gasteiger partial charge < -0.3 is 19.9 Å². The Hall–Kier alpha value is -2.24. The second kappa shape index (κ2) is 9.11. The molecule has 6 heteroatoms. The number of hydrogen-bond donors (Lipinski definition) is 1. The Kier molecular flexibility index (Phi) is 6.58. The van der Waals surface area contributed by atoms with Crippen molar-refractivity contribution in [3.8, 4) is 5.75 Å². The molecular weight excluding hydrogens is 342 g/mol. The molecule has 2 fully saturated rings. The Labute approximate surface area is 161 Å². The van der Waals surface area contributed by atoms with Crippen molar-refractivity contribution in [2.45, 2.75) is 39.5 Å². The van der Waals surface area contributed by atoms with Gasteiger partial charge in [0.2, 0.25) is 5.91 Å². The minimum absolute atomic E-state index is 0.0726. The first-order chi connectivity index (χ1) is 13.0. The molecule has 27 heavy (non-hydrogen) atoms. The SMILES string of the molecule is Cc1ccc(OCCNC(=O)N2CCCN(C(=O)C3CCC3)CC2)cc1C. The molecule has 0 aromatic heterocycles. The molecule has 1 aromatic carbocycles. The van der Waals surface area contributed by atoms with E-state index in [9.17, 15) is 9.59 Å². The van der Waals surface area contributed by atoms with Crippen molar-refractivity contribution in [1.29, 1.82) is 0 Å². The van der Waals surface area contributed by atoms with E-state index in [1.807, 2.05) is 28.0 Å². The lowest BCUT2D eigenvalue weighted by Gasteiger charge is -2.31. The number of nitrogens with one attached hydrogen (secondary N) is 1. The monoisotopic (exact) mass is 373 g/mol. The number of urea groups is 1. The predicted octanol–water partition coefficient (Wildman–Crippen LogP) is 2.73. The summed E-state index contributed by atoms with van der Waals surface area (Å²) in [7, 11) is 0. The maximum absolute atomic E-state index is 12.4. The third-order valence-corrected chi connectivity index (χ3v) is 5.67. The van der Waals surface area contributed by atoms with E-state index in [4.69, 9.17) is 4.74 Å². The van der Waals surface area contributed by atoms with E-state index in [1.54, 1.807) is 0 Å². The summed E-state index contributed by atoms with van der Waals surface area (Å²) >= 11 is 0. The zero-order valence-electron chi connectivity index (χ0n) is 16.5. The number of hydrogen-bond acceptors (Lipinski definition) is 3. The van der Waals surface area contributed by atoms with Gasteiger partial charge in [-0.2, -0.15) is 0 Å². The summed E-state index contributed by atoms with van der Waals surface area (Å²) < 4.78 is 5.71. The van der Waals surface area contributed by atoms with Crippen LogP contribution in [0.5, 0.6) is 5.75 Å². The van der Waals surface area contributed by atoms with Gasteiger partial charge in [-0.25, -0.2) is 4.79 Å². The molecule has 0 spiro atoms. The lowest BCUT2D eigenvalue weighted by molar-refractivity contribution is -0.138. The van der Waals surface area contributed by atoms with Gasteiger partial charge in [-0.15, -0.1) is 0 Å². The largest absolute Gasteiger partial charge is 0.492 e. The summed E-state index contributed by atoms with van der Waals surface area (Å²) in [6.45, 7) is 7.72. The van der Waals surface area contributed by atoms with Crippen molar-refractivity contribution in [2.75, 3.05) is 39.3 Å². The Balaban J connectivity index is 1.37. The average molecular weight is 373 g/mol. The third kappa shape index (κ3) is 5.15. The summed E-state index contributed by atoms with van der Waals surface area (Å²) in [6, 6.07) is 5.93. The minimum Gasteiger partial charge on any atom is -0.492 e. The highest BCUT2D eigenvalue weighted by molar-refractivity contribution is 5.80.